The molecule has 0 aromatic heterocycles. The third-order valence-corrected chi connectivity index (χ3v) is 5.58. The quantitative estimate of drug-likeness (QED) is 0.631. The van der Waals surface area contributed by atoms with Crippen LogP contribution in [0.1, 0.15) is 12.0 Å². The standard InChI is InChI=1S/C19H28FN3O3.2ClH/c20-16-3-1-15(2-4-16)11-19(14-24)13-22(8-5-17(19)25)12-18(26)23-9-6-21-7-10-23;;/h1-4,17,21,24-25H,5-14H2;2*1H/t17-,19-;;/m0../s1. The number of rotatable bonds is 5. The van der Waals surface area contributed by atoms with E-state index in [0.717, 1.165) is 31.7 Å². The Bertz CT molecular complexity index is 617. The van der Waals surface area contributed by atoms with Crippen molar-refractivity contribution in [2.75, 3.05) is 52.4 Å². The second-order valence-electron chi connectivity index (χ2n) is 7.47. The van der Waals surface area contributed by atoms with Crippen molar-refractivity contribution in [3.8, 4) is 0 Å². The molecule has 2 saturated heterocycles. The third-order valence-electron chi connectivity index (χ3n) is 5.58. The van der Waals surface area contributed by atoms with Gasteiger partial charge in [-0.2, -0.15) is 0 Å². The van der Waals surface area contributed by atoms with Gasteiger partial charge < -0.3 is 20.4 Å². The Morgan fingerprint density at radius 2 is 1.82 bits per heavy atom. The minimum atomic E-state index is -0.736. The fourth-order valence-electron chi connectivity index (χ4n) is 3.98. The van der Waals surface area contributed by atoms with Crippen LogP contribution in [0.2, 0.25) is 0 Å². The van der Waals surface area contributed by atoms with Gasteiger partial charge in [-0.3, -0.25) is 9.69 Å². The van der Waals surface area contributed by atoms with Crippen molar-refractivity contribution in [1.29, 1.82) is 0 Å². The normalized spacial score (nSPS) is 25.5. The molecule has 1 aromatic carbocycles. The number of aliphatic hydroxyl groups excluding tert-OH is 2. The molecular weight excluding hydrogens is 408 g/mol. The van der Waals surface area contributed by atoms with Gasteiger partial charge in [-0.1, -0.05) is 12.1 Å². The van der Waals surface area contributed by atoms with Crippen LogP contribution in [-0.4, -0.2) is 84.4 Å². The summed E-state index contributed by atoms with van der Waals surface area (Å²) in [5.74, 6) is -0.212. The van der Waals surface area contributed by atoms with Crippen molar-refractivity contribution in [3.63, 3.8) is 0 Å². The lowest BCUT2D eigenvalue weighted by Crippen LogP contribution is -2.57. The van der Waals surface area contributed by atoms with E-state index in [1.165, 1.54) is 12.1 Å². The number of likely N-dealkylation sites (tertiary alicyclic amines) is 1. The summed E-state index contributed by atoms with van der Waals surface area (Å²) in [6.07, 6.45) is 0.308. The highest BCUT2D eigenvalue weighted by molar-refractivity contribution is 5.85. The number of piperidine rings is 1. The molecule has 2 aliphatic rings. The highest BCUT2D eigenvalue weighted by atomic mass is 35.5. The van der Waals surface area contributed by atoms with Gasteiger partial charge in [0.15, 0.2) is 0 Å². The molecule has 0 unspecified atom stereocenters. The zero-order chi connectivity index (χ0) is 18.6. The van der Waals surface area contributed by atoms with Crippen LogP contribution in [0.5, 0.6) is 0 Å². The number of nitrogens with zero attached hydrogens (tertiary/aromatic N) is 2. The number of aliphatic hydroxyl groups is 2. The summed E-state index contributed by atoms with van der Waals surface area (Å²) in [7, 11) is 0. The molecule has 28 heavy (non-hydrogen) atoms. The minimum absolute atomic E-state index is 0. The number of nitrogens with one attached hydrogen (secondary N) is 1. The molecule has 160 valence electrons. The van der Waals surface area contributed by atoms with Crippen molar-refractivity contribution in [2.24, 2.45) is 5.41 Å². The Balaban J connectivity index is 0.00000196. The SMILES string of the molecule is Cl.Cl.O=C(CN1CC[C@H](O)[C@@](CO)(Cc2ccc(F)cc2)C1)N1CCNCC1. The van der Waals surface area contributed by atoms with Crippen LogP contribution in [0.4, 0.5) is 4.39 Å². The maximum absolute atomic E-state index is 13.1. The summed E-state index contributed by atoms with van der Waals surface area (Å²) in [4.78, 5) is 16.4. The fraction of sp³-hybridized carbons (Fsp3) is 0.632. The second-order valence-corrected chi connectivity index (χ2v) is 7.47. The molecule has 2 atom stereocenters. The molecule has 0 aliphatic carbocycles. The lowest BCUT2D eigenvalue weighted by molar-refractivity contribution is -0.136. The van der Waals surface area contributed by atoms with Gasteiger partial charge in [-0.05, 0) is 30.5 Å². The predicted molar refractivity (Wildman–Crippen MR) is 111 cm³/mol. The van der Waals surface area contributed by atoms with Crippen LogP contribution in [0.15, 0.2) is 24.3 Å². The van der Waals surface area contributed by atoms with E-state index in [4.69, 9.17) is 0 Å². The largest absolute Gasteiger partial charge is 0.396 e. The molecule has 1 aromatic rings. The van der Waals surface area contributed by atoms with Gasteiger partial charge in [-0.15, -0.1) is 24.8 Å². The van der Waals surface area contributed by atoms with Gasteiger partial charge >= 0.3 is 0 Å². The Morgan fingerprint density at radius 1 is 1.18 bits per heavy atom. The second kappa shape index (κ2) is 11.3. The Hall–Kier alpha value is -0.960. The molecule has 0 bridgehead atoms. The molecule has 2 aliphatic heterocycles. The molecule has 0 radical (unpaired) electrons. The lowest BCUT2D eigenvalue weighted by Gasteiger charge is -2.45. The summed E-state index contributed by atoms with van der Waals surface area (Å²) in [6, 6.07) is 6.15. The van der Waals surface area contributed by atoms with Gasteiger partial charge in [0.1, 0.15) is 5.82 Å². The molecule has 2 fully saturated rings. The number of carbonyl (C=O) groups excluding carboxylic acids is 1. The maximum Gasteiger partial charge on any atom is 0.236 e. The van der Waals surface area contributed by atoms with Crippen LogP contribution in [-0.2, 0) is 11.2 Å². The van der Waals surface area contributed by atoms with Crippen molar-refractivity contribution >= 4 is 30.7 Å². The zero-order valence-corrected chi connectivity index (χ0v) is 17.5. The molecule has 3 rings (SSSR count). The van der Waals surface area contributed by atoms with Crippen LogP contribution in [0, 0.1) is 11.2 Å². The highest BCUT2D eigenvalue weighted by Crippen LogP contribution is 2.34. The van der Waals surface area contributed by atoms with Crippen molar-refractivity contribution in [3.05, 3.63) is 35.6 Å². The number of piperazine rings is 1. The van der Waals surface area contributed by atoms with Gasteiger partial charge in [0.05, 0.1) is 19.3 Å². The van der Waals surface area contributed by atoms with E-state index >= 15 is 0 Å². The number of amides is 1. The summed E-state index contributed by atoms with van der Waals surface area (Å²) in [5.41, 5.74) is 0.134. The topological polar surface area (TPSA) is 76.0 Å². The van der Waals surface area contributed by atoms with Gasteiger partial charge in [-0.25, -0.2) is 4.39 Å². The van der Waals surface area contributed by atoms with Gasteiger partial charge in [0.25, 0.3) is 0 Å². The summed E-state index contributed by atoms with van der Waals surface area (Å²) < 4.78 is 13.1. The Kier molecular flexibility index (Phi) is 10.1. The molecule has 2 heterocycles. The number of hydrogen-bond donors (Lipinski definition) is 3. The van der Waals surface area contributed by atoms with Gasteiger partial charge in [0.2, 0.25) is 5.91 Å². The average Bonchev–Trinajstić information content (AvgIpc) is 2.67. The van der Waals surface area contributed by atoms with E-state index in [1.807, 2.05) is 9.80 Å². The van der Waals surface area contributed by atoms with Crippen molar-refractivity contribution < 1.29 is 19.4 Å². The molecule has 3 N–H and O–H groups in total. The molecular formula is C19H30Cl2FN3O3. The monoisotopic (exact) mass is 437 g/mol. The van der Waals surface area contributed by atoms with E-state index in [9.17, 15) is 19.4 Å². The van der Waals surface area contributed by atoms with Gasteiger partial charge in [0, 0.05) is 44.7 Å². The highest BCUT2D eigenvalue weighted by Gasteiger charge is 2.43. The number of halogens is 3. The number of carbonyl (C=O) groups is 1. The third kappa shape index (κ3) is 6.02. The van der Waals surface area contributed by atoms with E-state index in [-0.39, 0.29) is 43.1 Å². The molecule has 1 amide bonds. The van der Waals surface area contributed by atoms with Crippen LogP contribution < -0.4 is 5.32 Å². The lowest BCUT2D eigenvalue weighted by atomic mass is 9.73. The Labute approximate surface area is 177 Å². The smallest absolute Gasteiger partial charge is 0.236 e. The van der Waals surface area contributed by atoms with E-state index in [1.54, 1.807) is 12.1 Å². The van der Waals surface area contributed by atoms with Crippen LogP contribution >= 0.6 is 24.8 Å². The van der Waals surface area contributed by atoms with Crippen LogP contribution in [0.25, 0.3) is 0 Å². The first-order chi connectivity index (χ1) is 12.5. The van der Waals surface area contributed by atoms with E-state index in [2.05, 4.69) is 5.32 Å². The van der Waals surface area contributed by atoms with Crippen LogP contribution in [0.3, 0.4) is 0 Å². The molecule has 0 spiro atoms. The van der Waals surface area contributed by atoms with E-state index < -0.39 is 11.5 Å². The first kappa shape index (κ1) is 25.1. The van der Waals surface area contributed by atoms with Crippen molar-refractivity contribution in [1.82, 2.24) is 15.1 Å². The number of benzene rings is 1. The Morgan fingerprint density at radius 3 is 2.43 bits per heavy atom. The maximum atomic E-state index is 13.1. The number of hydrogen-bond acceptors (Lipinski definition) is 5. The first-order valence-electron chi connectivity index (χ1n) is 9.27. The summed E-state index contributed by atoms with van der Waals surface area (Å²) in [5, 5.41) is 23.9. The first-order valence-corrected chi connectivity index (χ1v) is 9.27. The molecule has 6 nitrogen and oxygen atoms in total. The predicted octanol–water partition coefficient (Wildman–Crippen LogP) is 0.689. The zero-order valence-electron chi connectivity index (χ0n) is 15.8. The van der Waals surface area contributed by atoms with E-state index in [0.29, 0.717) is 32.5 Å². The molecule has 0 saturated carbocycles. The van der Waals surface area contributed by atoms with Crippen molar-refractivity contribution in [2.45, 2.75) is 18.9 Å². The summed E-state index contributed by atoms with van der Waals surface area (Å²) >= 11 is 0. The minimum Gasteiger partial charge on any atom is -0.396 e. The summed E-state index contributed by atoms with van der Waals surface area (Å²) in [6.45, 7) is 4.27. The molecule has 9 heteroatoms. The average molecular weight is 438 g/mol. The fourth-order valence-corrected chi connectivity index (χ4v) is 3.98.